The predicted octanol–water partition coefficient (Wildman–Crippen LogP) is 2.17. The van der Waals surface area contributed by atoms with E-state index in [0.717, 1.165) is 24.3 Å². The van der Waals surface area contributed by atoms with E-state index in [0.29, 0.717) is 0 Å². The Morgan fingerprint density at radius 1 is 0.679 bits per heavy atom. The summed E-state index contributed by atoms with van der Waals surface area (Å²) in [7, 11) is -23.0. The summed E-state index contributed by atoms with van der Waals surface area (Å²) in [5.41, 5.74) is 5.61. The summed E-state index contributed by atoms with van der Waals surface area (Å²) >= 11 is 0. The average molecular weight is 847 g/mol. The molecule has 0 spiro atoms. The minimum Gasteiger partial charge on any atom is -0.395 e. The van der Waals surface area contributed by atoms with Crippen molar-refractivity contribution in [3.8, 4) is 0 Å². The van der Waals surface area contributed by atoms with Gasteiger partial charge in [-0.15, -0.1) is 10.2 Å². The molecule has 3 aromatic rings. The van der Waals surface area contributed by atoms with E-state index in [1.165, 1.54) is 25.1 Å². The van der Waals surface area contributed by atoms with Gasteiger partial charge in [0.2, 0.25) is 0 Å². The van der Waals surface area contributed by atoms with Crippen LogP contribution in [0.25, 0.3) is 0 Å². The number of hydrogen-bond acceptors (Lipinski definition) is 20. The zero-order chi connectivity index (χ0) is 39.8. The summed E-state index contributed by atoms with van der Waals surface area (Å²) in [4.78, 5) is 3.02. The smallest absolute Gasteiger partial charge is 0.395 e. The Bertz CT molecular complexity index is 2440. The van der Waals surface area contributed by atoms with Crippen molar-refractivity contribution in [2.75, 3.05) is 54.2 Å². The third-order valence-electron chi connectivity index (χ3n) is 6.32. The lowest BCUT2D eigenvalue weighted by Crippen LogP contribution is -2.23. The van der Waals surface area contributed by atoms with Crippen LogP contribution in [-0.2, 0) is 59.2 Å². The fourth-order valence-corrected chi connectivity index (χ4v) is 6.63. The van der Waals surface area contributed by atoms with Crippen LogP contribution in [-0.4, -0.2) is 103 Å². The summed E-state index contributed by atoms with van der Waals surface area (Å²) in [6, 6.07) is 7.73. The second-order valence-corrected chi connectivity index (χ2v) is 17.5. The molecule has 0 aliphatic heterocycles. The number of azo groups is 2. The van der Waals surface area contributed by atoms with Gasteiger partial charge in [0.05, 0.1) is 46.7 Å². The van der Waals surface area contributed by atoms with Gasteiger partial charge in [-0.2, -0.15) is 43.9 Å². The first-order valence-electron chi connectivity index (χ1n) is 14.1. The summed E-state index contributed by atoms with van der Waals surface area (Å²) in [5, 5.41) is 20.9. The molecular weight excluding hydrogens is 817 g/mol. The molecule has 29 heteroatoms. The van der Waals surface area contributed by atoms with Gasteiger partial charge in [-0.05, 0) is 49.4 Å². The van der Waals surface area contributed by atoms with Crippen LogP contribution in [0.1, 0.15) is 5.56 Å². The molecule has 292 valence electrons. The lowest BCUT2D eigenvalue weighted by atomic mass is 10.2. The number of rotatable bonds is 19. The van der Waals surface area contributed by atoms with Gasteiger partial charge in [-0.1, -0.05) is 0 Å². The second-order valence-electron chi connectivity index (χ2n) is 10.2. The van der Waals surface area contributed by atoms with Crippen LogP contribution < -0.4 is 16.4 Å². The number of nitrogens with zero attached hydrogens (tertiary/aromatic N) is 5. The molecule has 0 unspecified atom stereocenters. The van der Waals surface area contributed by atoms with Crippen LogP contribution in [0.2, 0.25) is 0 Å². The third kappa shape index (κ3) is 14.2. The van der Waals surface area contributed by atoms with Gasteiger partial charge < -0.3 is 16.4 Å². The SMILES string of the molecule is Cc1c(N)c(NCCS(=O)(=O)CCOS(=O)(=O)O)nc(NCCOS(=O)(=O)O)c1N=Nc1ccc(N=Nc2ccc(S(=O)(=O)O)cc2)cc1S(=O)(=O)O. The van der Waals surface area contributed by atoms with Crippen molar-refractivity contribution in [3.63, 3.8) is 0 Å². The van der Waals surface area contributed by atoms with Crippen molar-refractivity contribution in [3.05, 3.63) is 48.0 Å². The molecule has 3 rings (SSSR count). The maximum atomic E-state index is 12.3. The summed E-state index contributed by atoms with van der Waals surface area (Å²) < 4.78 is 159. The van der Waals surface area contributed by atoms with Gasteiger partial charge in [-0.3, -0.25) is 18.2 Å². The van der Waals surface area contributed by atoms with Gasteiger partial charge in [0.15, 0.2) is 21.5 Å². The molecule has 0 aliphatic carbocycles. The molecule has 1 aromatic heterocycles. The molecule has 0 amide bonds. The van der Waals surface area contributed by atoms with E-state index in [2.05, 4.69) is 44.4 Å². The number of sulfone groups is 1. The van der Waals surface area contributed by atoms with E-state index >= 15 is 0 Å². The zero-order valence-corrected chi connectivity index (χ0v) is 30.9. The minimum absolute atomic E-state index is 0.109. The van der Waals surface area contributed by atoms with Crippen LogP contribution in [0.5, 0.6) is 0 Å². The van der Waals surface area contributed by atoms with Crippen molar-refractivity contribution in [1.29, 1.82) is 0 Å². The Morgan fingerprint density at radius 2 is 1.25 bits per heavy atom. The average Bonchev–Trinajstić information content (AvgIpc) is 3.02. The Morgan fingerprint density at radius 3 is 1.83 bits per heavy atom. The summed E-state index contributed by atoms with van der Waals surface area (Å²) in [6.45, 7) is -0.720. The first-order valence-corrected chi connectivity index (χ1v) is 21.5. The fraction of sp³-hybridized carbons (Fsp3) is 0.292. The topological polar surface area (TPSA) is 382 Å². The Hall–Kier alpha value is -4.30. The van der Waals surface area contributed by atoms with Crippen LogP contribution in [0.4, 0.5) is 40.1 Å². The molecule has 0 atom stereocenters. The molecule has 0 aliphatic rings. The molecule has 0 fully saturated rings. The molecule has 8 N–H and O–H groups in total. The number of nitrogens with two attached hydrogens (primary N) is 1. The molecule has 24 nitrogen and oxygen atoms in total. The number of anilines is 3. The highest BCUT2D eigenvalue weighted by Crippen LogP contribution is 2.38. The number of aromatic nitrogens is 1. The maximum Gasteiger partial charge on any atom is 0.397 e. The highest BCUT2D eigenvalue weighted by atomic mass is 32.3. The van der Waals surface area contributed by atoms with Gasteiger partial charge in [0.1, 0.15) is 16.3 Å². The molecule has 53 heavy (non-hydrogen) atoms. The summed E-state index contributed by atoms with van der Waals surface area (Å²) in [5.74, 6) is -1.66. The van der Waals surface area contributed by atoms with E-state index in [1.807, 2.05) is 0 Å². The number of nitrogen functional groups attached to an aromatic ring is 1. The molecule has 1 heterocycles. The largest absolute Gasteiger partial charge is 0.397 e. The number of nitrogens with one attached hydrogen (secondary N) is 2. The van der Waals surface area contributed by atoms with Crippen molar-refractivity contribution in [2.45, 2.75) is 16.7 Å². The maximum absolute atomic E-state index is 12.3. The van der Waals surface area contributed by atoms with Crippen molar-refractivity contribution in [2.24, 2.45) is 20.5 Å². The molecule has 0 saturated heterocycles. The lowest BCUT2D eigenvalue weighted by molar-refractivity contribution is 0.278. The van der Waals surface area contributed by atoms with Gasteiger partial charge >= 0.3 is 20.8 Å². The van der Waals surface area contributed by atoms with Crippen LogP contribution >= 0.6 is 0 Å². The van der Waals surface area contributed by atoms with Crippen molar-refractivity contribution < 1.29 is 68.7 Å². The van der Waals surface area contributed by atoms with Crippen LogP contribution in [0, 0.1) is 6.92 Å². The van der Waals surface area contributed by atoms with Crippen LogP contribution in [0.3, 0.4) is 0 Å². The van der Waals surface area contributed by atoms with E-state index in [4.69, 9.17) is 19.4 Å². The van der Waals surface area contributed by atoms with Gasteiger partial charge in [0.25, 0.3) is 20.2 Å². The molecule has 0 bridgehead atoms. The molecule has 2 aromatic carbocycles. The molecule has 0 radical (unpaired) electrons. The van der Waals surface area contributed by atoms with Crippen molar-refractivity contribution in [1.82, 2.24) is 4.98 Å². The zero-order valence-electron chi connectivity index (χ0n) is 26.8. The first-order chi connectivity index (χ1) is 24.3. The third-order valence-corrected chi connectivity index (χ3v) is 10.6. The van der Waals surface area contributed by atoms with Gasteiger partial charge in [0, 0.05) is 18.7 Å². The standard InChI is InChI=1S/C24H30N8O16S5/c1-15-21(25)23(27-9-12-49(33,34)13-11-48-53(44,45)46)28-24(26-8-10-47-52(41,42)43)22(15)32-31-19-7-4-17(14-20(19)51(38,39)40)30-29-16-2-5-18(6-3-16)50(35,36)37/h2-7,14H,8-13,25H2,1H3,(H2,26,27,28)(H,35,36,37)(H,38,39,40)(H,41,42,43)(H,44,45,46). The monoisotopic (exact) mass is 846 g/mol. The van der Waals surface area contributed by atoms with E-state index < -0.39 is 91.1 Å². The fourth-order valence-electron chi connectivity index (χ4n) is 3.86. The normalized spacial score (nSPS) is 13.2. The summed E-state index contributed by atoms with van der Waals surface area (Å²) in [6.07, 6.45) is 0. The second kappa shape index (κ2) is 17.2. The van der Waals surface area contributed by atoms with Crippen molar-refractivity contribution >= 4 is 90.9 Å². The Kier molecular flexibility index (Phi) is 14.0. The van der Waals surface area contributed by atoms with E-state index in [-0.39, 0.29) is 53.0 Å². The van der Waals surface area contributed by atoms with Gasteiger partial charge in [-0.25, -0.2) is 21.8 Å². The predicted molar refractivity (Wildman–Crippen MR) is 185 cm³/mol. The number of hydrogen-bond donors (Lipinski definition) is 7. The number of pyridine rings is 1. The Labute approximate surface area is 302 Å². The lowest BCUT2D eigenvalue weighted by Gasteiger charge is -2.16. The minimum atomic E-state index is -4.98. The van der Waals surface area contributed by atoms with E-state index in [1.54, 1.807) is 0 Å². The Balaban J connectivity index is 1.93. The quantitative estimate of drug-likeness (QED) is 0.0516. The van der Waals surface area contributed by atoms with Crippen LogP contribution in [0.15, 0.2) is 72.7 Å². The first kappa shape index (κ1) is 43.1. The number of benzene rings is 2. The molecule has 0 saturated carbocycles. The molecular formula is C24H30N8O16S5. The van der Waals surface area contributed by atoms with E-state index in [9.17, 15) is 46.6 Å². The highest BCUT2D eigenvalue weighted by molar-refractivity contribution is 7.91. The highest BCUT2D eigenvalue weighted by Gasteiger charge is 2.20.